The number of halogens is 1. The molecule has 1 aromatic rings. The van der Waals surface area contributed by atoms with Crippen LogP contribution < -0.4 is 21.3 Å². The Morgan fingerprint density at radius 3 is 2.14 bits per heavy atom. The van der Waals surface area contributed by atoms with Crippen molar-refractivity contribution in [3.05, 3.63) is 24.3 Å². The van der Waals surface area contributed by atoms with Gasteiger partial charge in [0.05, 0.1) is 18.3 Å². The average molecular weight is 603 g/mol. The zero-order valence-electron chi connectivity index (χ0n) is 25.3. The Kier molecular flexibility index (Phi) is 11.8. The normalized spacial score (nSPS) is 20.9. The van der Waals surface area contributed by atoms with Crippen LogP contribution in [0.2, 0.25) is 0 Å². The number of hydrogen-bond donors (Lipinski definition) is 4. The molecule has 2 aliphatic carbocycles. The van der Waals surface area contributed by atoms with Crippen molar-refractivity contribution < 1.29 is 33.2 Å². The Labute approximate surface area is 251 Å². The summed E-state index contributed by atoms with van der Waals surface area (Å²) in [6, 6.07) is -3.00. The van der Waals surface area contributed by atoms with Gasteiger partial charge in [-0.1, -0.05) is 47.0 Å². The van der Waals surface area contributed by atoms with E-state index in [0.29, 0.717) is 12.8 Å². The molecule has 3 rings (SSSR count). The van der Waals surface area contributed by atoms with Crippen molar-refractivity contribution in [2.45, 2.75) is 97.2 Å². The standard InChI is InChI=1S/C30H43FN6O6/c1-5-20(24(39)29(43)34-16-31)35-26(40)19-12-11-18(19)23(38)25(30(2,3)4)37-28(42)22(17-9-7-6-8-10-17)36-27(41)21-15-32-13-14-33-21/h13-15,17-20,22,25H,5-12,16H2,1-4H3,(H,34,43)(H,35,40)(H,36,41)(H,37,42)/t18?,19?,20?,22-,25+/m0/s1. The third kappa shape index (κ3) is 8.64. The van der Waals surface area contributed by atoms with Crippen molar-refractivity contribution in [2.24, 2.45) is 23.2 Å². The molecule has 1 heterocycles. The van der Waals surface area contributed by atoms with Gasteiger partial charge in [-0.2, -0.15) is 0 Å². The SMILES string of the molecule is CCC(NC(=O)C1CCC1C(=O)[C@@H](NC(=O)[C@@H](NC(=O)c1cnccn1)C1CCCCC1)C(C)(C)C)C(=O)C(=O)NCF. The summed E-state index contributed by atoms with van der Waals surface area (Å²) in [6.45, 7) is 5.83. The van der Waals surface area contributed by atoms with E-state index in [2.05, 4.69) is 25.9 Å². The summed E-state index contributed by atoms with van der Waals surface area (Å²) in [5.74, 6) is -5.55. The minimum atomic E-state index is -1.21. The number of nitrogens with zero attached hydrogens (tertiary/aromatic N) is 2. The molecule has 5 atom stereocenters. The highest BCUT2D eigenvalue weighted by atomic mass is 19.1. The molecule has 236 valence electrons. The van der Waals surface area contributed by atoms with E-state index in [9.17, 15) is 33.2 Å². The zero-order chi connectivity index (χ0) is 31.7. The summed E-state index contributed by atoms with van der Waals surface area (Å²) in [5.41, 5.74) is -0.643. The van der Waals surface area contributed by atoms with Gasteiger partial charge in [0.15, 0.2) is 12.6 Å². The maximum Gasteiger partial charge on any atom is 0.291 e. The minimum absolute atomic E-state index is 0.0777. The summed E-state index contributed by atoms with van der Waals surface area (Å²) in [7, 11) is 0. The fourth-order valence-corrected chi connectivity index (χ4v) is 5.75. The summed E-state index contributed by atoms with van der Waals surface area (Å²) in [6.07, 6.45) is 9.46. The van der Waals surface area contributed by atoms with E-state index in [1.165, 1.54) is 18.6 Å². The van der Waals surface area contributed by atoms with Crippen molar-refractivity contribution in [1.29, 1.82) is 0 Å². The van der Waals surface area contributed by atoms with Crippen LogP contribution in [0.1, 0.15) is 89.5 Å². The number of ketones is 2. The fraction of sp³-hybridized carbons (Fsp3) is 0.667. The topological polar surface area (TPSA) is 176 Å². The van der Waals surface area contributed by atoms with E-state index in [4.69, 9.17) is 0 Å². The van der Waals surface area contributed by atoms with E-state index in [0.717, 1.165) is 32.1 Å². The Hall–Kier alpha value is -3.77. The van der Waals surface area contributed by atoms with Crippen LogP contribution >= 0.6 is 0 Å². The second-order valence-corrected chi connectivity index (χ2v) is 12.4. The highest BCUT2D eigenvalue weighted by Gasteiger charge is 2.48. The van der Waals surface area contributed by atoms with Gasteiger partial charge in [-0.05, 0) is 43.4 Å². The first-order valence-electron chi connectivity index (χ1n) is 15.0. The number of amides is 4. The Balaban J connectivity index is 1.75. The molecule has 0 spiro atoms. The van der Waals surface area contributed by atoms with Gasteiger partial charge < -0.3 is 21.3 Å². The second kappa shape index (κ2) is 15.1. The lowest BCUT2D eigenvalue weighted by Crippen LogP contribution is -2.60. The third-order valence-corrected chi connectivity index (χ3v) is 8.39. The fourth-order valence-electron chi connectivity index (χ4n) is 5.75. The Bertz CT molecular complexity index is 1180. The van der Waals surface area contributed by atoms with Gasteiger partial charge in [0.2, 0.25) is 17.6 Å². The van der Waals surface area contributed by atoms with Gasteiger partial charge in [0, 0.05) is 24.2 Å². The first-order chi connectivity index (χ1) is 20.4. The molecule has 4 amide bonds. The molecule has 2 aliphatic rings. The predicted molar refractivity (Wildman–Crippen MR) is 154 cm³/mol. The van der Waals surface area contributed by atoms with Crippen LogP contribution in [0.4, 0.5) is 4.39 Å². The minimum Gasteiger partial charge on any atom is -0.345 e. The van der Waals surface area contributed by atoms with Crippen molar-refractivity contribution in [2.75, 3.05) is 6.80 Å². The lowest BCUT2D eigenvalue weighted by atomic mass is 9.66. The maximum atomic E-state index is 13.9. The number of alkyl halides is 1. The quantitative estimate of drug-likeness (QED) is 0.195. The zero-order valence-corrected chi connectivity index (χ0v) is 25.3. The van der Waals surface area contributed by atoms with Gasteiger partial charge in [-0.3, -0.25) is 33.8 Å². The summed E-state index contributed by atoms with van der Waals surface area (Å²) in [5, 5.41) is 10.1. The average Bonchev–Trinajstić information content (AvgIpc) is 2.96. The summed E-state index contributed by atoms with van der Waals surface area (Å²) in [4.78, 5) is 85.8. The van der Waals surface area contributed by atoms with Gasteiger partial charge in [0.1, 0.15) is 11.7 Å². The molecule has 13 heteroatoms. The summed E-state index contributed by atoms with van der Waals surface area (Å²) < 4.78 is 12.5. The van der Waals surface area contributed by atoms with E-state index in [-0.39, 0.29) is 23.8 Å². The molecule has 2 fully saturated rings. The first-order valence-corrected chi connectivity index (χ1v) is 15.0. The van der Waals surface area contributed by atoms with Crippen LogP contribution in [0.15, 0.2) is 18.6 Å². The number of rotatable bonds is 13. The van der Waals surface area contributed by atoms with E-state index in [1.807, 2.05) is 20.8 Å². The van der Waals surface area contributed by atoms with Crippen molar-refractivity contribution in [3.63, 3.8) is 0 Å². The highest BCUT2D eigenvalue weighted by molar-refractivity contribution is 6.38. The monoisotopic (exact) mass is 602 g/mol. The largest absolute Gasteiger partial charge is 0.345 e. The lowest BCUT2D eigenvalue weighted by molar-refractivity contribution is -0.145. The molecule has 0 aromatic carbocycles. The number of hydrogen-bond acceptors (Lipinski definition) is 8. The van der Waals surface area contributed by atoms with Gasteiger partial charge in [-0.15, -0.1) is 0 Å². The van der Waals surface area contributed by atoms with Crippen molar-refractivity contribution >= 4 is 35.2 Å². The number of carbonyl (C=O) groups is 6. The molecule has 12 nitrogen and oxygen atoms in total. The molecule has 0 saturated heterocycles. The van der Waals surface area contributed by atoms with Crippen molar-refractivity contribution in [3.8, 4) is 0 Å². The first kappa shape index (κ1) is 33.7. The van der Waals surface area contributed by atoms with E-state index in [1.54, 1.807) is 12.2 Å². The third-order valence-electron chi connectivity index (χ3n) is 8.39. The van der Waals surface area contributed by atoms with Crippen molar-refractivity contribution in [1.82, 2.24) is 31.2 Å². The number of aromatic nitrogens is 2. The van der Waals surface area contributed by atoms with Crippen LogP contribution in [0.3, 0.4) is 0 Å². The lowest BCUT2D eigenvalue weighted by Gasteiger charge is -2.41. The molecule has 3 unspecified atom stereocenters. The Morgan fingerprint density at radius 2 is 1.60 bits per heavy atom. The molecule has 1 aromatic heterocycles. The number of carbonyl (C=O) groups excluding carboxylic acids is 6. The number of nitrogens with one attached hydrogen (secondary N) is 4. The van der Waals surface area contributed by atoms with Gasteiger partial charge in [-0.25, -0.2) is 9.37 Å². The van der Waals surface area contributed by atoms with Gasteiger partial charge in [0.25, 0.3) is 11.8 Å². The molecule has 4 N–H and O–H groups in total. The molecule has 0 bridgehead atoms. The molecule has 0 aliphatic heterocycles. The second-order valence-electron chi connectivity index (χ2n) is 12.4. The predicted octanol–water partition coefficient (Wildman–Crippen LogP) is 1.79. The van der Waals surface area contributed by atoms with Crippen LogP contribution in [-0.4, -0.2) is 70.1 Å². The molecule has 43 heavy (non-hydrogen) atoms. The van der Waals surface area contributed by atoms with Crippen LogP contribution in [0, 0.1) is 23.2 Å². The maximum absolute atomic E-state index is 13.9. The smallest absolute Gasteiger partial charge is 0.291 e. The molecular weight excluding hydrogens is 559 g/mol. The van der Waals surface area contributed by atoms with E-state index < -0.39 is 71.6 Å². The number of Topliss-reactive ketones (excluding diaryl/α,β-unsaturated/α-hetero) is 2. The molecular formula is C30H43FN6O6. The van der Waals surface area contributed by atoms with Gasteiger partial charge >= 0.3 is 0 Å². The van der Waals surface area contributed by atoms with Crippen LogP contribution in [0.5, 0.6) is 0 Å². The molecule has 2 saturated carbocycles. The Morgan fingerprint density at radius 1 is 0.930 bits per heavy atom. The van der Waals surface area contributed by atoms with Crippen LogP contribution in [0.25, 0.3) is 0 Å². The molecule has 0 radical (unpaired) electrons. The van der Waals surface area contributed by atoms with E-state index >= 15 is 0 Å². The van der Waals surface area contributed by atoms with Crippen LogP contribution in [-0.2, 0) is 24.0 Å². The summed E-state index contributed by atoms with van der Waals surface area (Å²) >= 11 is 0. The highest BCUT2D eigenvalue weighted by Crippen LogP contribution is 2.38.